The average Bonchev–Trinajstić information content (AvgIpc) is 3.16. The van der Waals surface area contributed by atoms with Crippen LogP contribution in [0.25, 0.3) is 11.2 Å². The fourth-order valence-corrected chi connectivity index (χ4v) is 3.72. The maximum absolute atomic E-state index is 14.2. The van der Waals surface area contributed by atoms with E-state index >= 15 is 0 Å². The standard InChI is InChI=1S/C24H21F3N4O2/c1-3-31-20-18(12-13-19(29-20)21(32)28-17-11-7-8-15(2)14-17)30-22(31)23(33,24(25,26)27)16-9-5-4-6-10-16/h4-14,33H,3H2,1-2H3,(H,28,32). The maximum Gasteiger partial charge on any atom is 0.428 e. The van der Waals surface area contributed by atoms with Crippen LogP contribution >= 0.6 is 0 Å². The molecule has 1 atom stereocenters. The van der Waals surface area contributed by atoms with Crippen LogP contribution in [0, 0.1) is 6.92 Å². The molecule has 9 heteroatoms. The summed E-state index contributed by atoms with van der Waals surface area (Å²) in [5.41, 5.74) is -1.96. The third kappa shape index (κ3) is 3.95. The van der Waals surface area contributed by atoms with E-state index in [1.165, 1.54) is 41.0 Å². The number of nitrogens with zero attached hydrogens (tertiary/aromatic N) is 3. The first-order chi connectivity index (χ1) is 15.6. The zero-order valence-electron chi connectivity index (χ0n) is 17.9. The minimum atomic E-state index is -5.05. The number of pyridine rings is 1. The Morgan fingerprint density at radius 3 is 2.39 bits per heavy atom. The number of hydrogen-bond acceptors (Lipinski definition) is 4. The zero-order valence-corrected chi connectivity index (χ0v) is 17.9. The van der Waals surface area contributed by atoms with Gasteiger partial charge in [-0.15, -0.1) is 0 Å². The van der Waals surface area contributed by atoms with Gasteiger partial charge in [-0.3, -0.25) is 4.79 Å². The lowest BCUT2D eigenvalue weighted by Crippen LogP contribution is -2.45. The minimum Gasteiger partial charge on any atom is -0.370 e. The number of rotatable bonds is 5. The molecule has 0 aliphatic heterocycles. The highest BCUT2D eigenvalue weighted by atomic mass is 19.4. The van der Waals surface area contributed by atoms with Crippen LogP contribution < -0.4 is 5.32 Å². The van der Waals surface area contributed by atoms with Gasteiger partial charge >= 0.3 is 6.18 Å². The molecule has 0 bridgehead atoms. The number of anilines is 1. The second-order valence-electron chi connectivity index (χ2n) is 7.62. The summed E-state index contributed by atoms with van der Waals surface area (Å²) in [6, 6.07) is 16.8. The topological polar surface area (TPSA) is 80.0 Å². The highest BCUT2D eigenvalue weighted by Crippen LogP contribution is 2.44. The van der Waals surface area contributed by atoms with Gasteiger partial charge in [0.05, 0.1) is 0 Å². The van der Waals surface area contributed by atoms with Crippen molar-refractivity contribution in [1.29, 1.82) is 0 Å². The van der Waals surface area contributed by atoms with Crippen molar-refractivity contribution in [1.82, 2.24) is 14.5 Å². The number of carbonyl (C=O) groups is 1. The highest BCUT2D eigenvalue weighted by Gasteiger charge is 2.59. The average molecular weight is 454 g/mol. The van der Waals surface area contributed by atoms with Crippen molar-refractivity contribution in [2.45, 2.75) is 32.2 Å². The molecular weight excluding hydrogens is 433 g/mol. The second-order valence-corrected chi connectivity index (χ2v) is 7.62. The summed E-state index contributed by atoms with van der Waals surface area (Å²) in [6.07, 6.45) is -5.05. The van der Waals surface area contributed by atoms with E-state index in [4.69, 9.17) is 0 Å². The van der Waals surface area contributed by atoms with Gasteiger partial charge in [-0.1, -0.05) is 42.5 Å². The van der Waals surface area contributed by atoms with Crippen molar-refractivity contribution in [2.75, 3.05) is 5.32 Å². The molecular formula is C24H21F3N4O2. The van der Waals surface area contributed by atoms with Crippen molar-refractivity contribution in [3.63, 3.8) is 0 Å². The molecule has 0 aliphatic rings. The first-order valence-corrected chi connectivity index (χ1v) is 10.3. The van der Waals surface area contributed by atoms with Crippen molar-refractivity contribution < 1.29 is 23.1 Å². The van der Waals surface area contributed by atoms with E-state index in [2.05, 4.69) is 15.3 Å². The number of nitrogens with one attached hydrogen (secondary N) is 1. The smallest absolute Gasteiger partial charge is 0.370 e. The molecule has 0 saturated carbocycles. The van der Waals surface area contributed by atoms with E-state index in [0.717, 1.165) is 5.56 Å². The van der Waals surface area contributed by atoms with Crippen LogP contribution in [0.2, 0.25) is 0 Å². The number of alkyl halides is 3. The third-order valence-electron chi connectivity index (χ3n) is 5.34. The molecule has 0 spiro atoms. The van der Waals surface area contributed by atoms with Crippen LogP contribution in [0.3, 0.4) is 0 Å². The lowest BCUT2D eigenvalue weighted by Gasteiger charge is -2.30. The number of benzene rings is 2. The van der Waals surface area contributed by atoms with Crippen LogP contribution in [0.5, 0.6) is 0 Å². The van der Waals surface area contributed by atoms with Crippen molar-refractivity contribution in [3.8, 4) is 0 Å². The summed E-state index contributed by atoms with van der Waals surface area (Å²) in [6.45, 7) is 3.55. The molecule has 4 aromatic rings. The van der Waals surface area contributed by atoms with E-state index in [1.807, 2.05) is 13.0 Å². The largest absolute Gasteiger partial charge is 0.428 e. The molecule has 6 nitrogen and oxygen atoms in total. The first-order valence-electron chi connectivity index (χ1n) is 10.3. The number of aliphatic hydroxyl groups is 1. The molecule has 2 aromatic carbocycles. The predicted molar refractivity (Wildman–Crippen MR) is 118 cm³/mol. The summed E-state index contributed by atoms with van der Waals surface area (Å²) < 4.78 is 43.8. The van der Waals surface area contributed by atoms with Crippen LogP contribution in [0.15, 0.2) is 66.7 Å². The van der Waals surface area contributed by atoms with Gasteiger partial charge in [-0.2, -0.15) is 13.2 Å². The molecule has 0 saturated heterocycles. The number of aryl methyl sites for hydroxylation is 2. The van der Waals surface area contributed by atoms with E-state index in [0.29, 0.717) is 5.69 Å². The van der Waals surface area contributed by atoms with Crippen LogP contribution in [0.4, 0.5) is 18.9 Å². The maximum atomic E-state index is 14.2. The lowest BCUT2D eigenvalue weighted by molar-refractivity contribution is -0.252. The van der Waals surface area contributed by atoms with Gasteiger partial charge in [0.25, 0.3) is 5.91 Å². The van der Waals surface area contributed by atoms with Gasteiger partial charge in [-0.05, 0) is 43.7 Å². The molecule has 2 heterocycles. The summed E-state index contributed by atoms with van der Waals surface area (Å²) in [7, 11) is 0. The molecule has 2 aromatic heterocycles. The van der Waals surface area contributed by atoms with Gasteiger partial charge in [0, 0.05) is 17.8 Å². The molecule has 4 rings (SSSR count). The van der Waals surface area contributed by atoms with Crippen LogP contribution in [-0.4, -0.2) is 31.7 Å². The fraction of sp³-hybridized carbons (Fsp3) is 0.208. The molecule has 0 aliphatic carbocycles. The molecule has 0 fully saturated rings. The summed E-state index contributed by atoms with van der Waals surface area (Å²) in [4.78, 5) is 21.1. The number of carbonyl (C=O) groups excluding carboxylic acids is 1. The Morgan fingerprint density at radius 1 is 1.03 bits per heavy atom. The molecule has 1 unspecified atom stereocenters. The highest BCUT2D eigenvalue weighted by molar-refractivity contribution is 6.03. The fourth-order valence-electron chi connectivity index (χ4n) is 3.72. The van der Waals surface area contributed by atoms with E-state index in [1.54, 1.807) is 31.2 Å². The molecule has 1 amide bonds. The number of aromatic nitrogens is 3. The molecule has 170 valence electrons. The number of halogens is 3. The molecule has 33 heavy (non-hydrogen) atoms. The van der Waals surface area contributed by atoms with E-state index < -0.39 is 23.5 Å². The lowest BCUT2D eigenvalue weighted by atomic mass is 9.92. The third-order valence-corrected chi connectivity index (χ3v) is 5.34. The van der Waals surface area contributed by atoms with Gasteiger partial charge in [0.1, 0.15) is 11.2 Å². The normalized spacial score (nSPS) is 13.6. The Morgan fingerprint density at radius 2 is 1.76 bits per heavy atom. The Hall–Kier alpha value is -3.72. The summed E-state index contributed by atoms with van der Waals surface area (Å²) >= 11 is 0. The SMILES string of the molecule is CCn1c(C(O)(c2ccccc2)C(F)(F)F)nc2ccc(C(=O)Nc3cccc(C)c3)nc21. The number of hydrogen-bond donors (Lipinski definition) is 2. The Kier molecular flexibility index (Phi) is 5.67. The van der Waals surface area contributed by atoms with Crippen LogP contribution in [0.1, 0.15) is 34.4 Å². The van der Waals surface area contributed by atoms with Crippen molar-refractivity contribution in [3.05, 3.63) is 89.4 Å². The Labute approximate surface area is 187 Å². The quantitative estimate of drug-likeness (QED) is 0.454. The number of fused-ring (bicyclic) bond motifs is 1. The van der Waals surface area contributed by atoms with E-state index in [9.17, 15) is 23.1 Å². The summed E-state index contributed by atoms with van der Waals surface area (Å²) in [5, 5.41) is 13.7. The number of amides is 1. The van der Waals surface area contributed by atoms with Gasteiger partial charge < -0.3 is 15.0 Å². The second kappa shape index (κ2) is 8.32. The van der Waals surface area contributed by atoms with Crippen molar-refractivity contribution >= 4 is 22.8 Å². The number of imidazole rings is 1. The zero-order chi connectivity index (χ0) is 23.8. The first kappa shape index (κ1) is 22.5. The van der Waals surface area contributed by atoms with Crippen LogP contribution in [-0.2, 0) is 12.1 Å². The Balaban J connectivity index is 1.82. The monoisotopic (exact) mass is 454 g/mol. The molecule has 2 N–H and O–H groups in total. The van der Waals surface area contributed by atoms with Crippen molar-refractivity contribution in [2.24, 2.45) is 0 Å². The minimum absolute atomic E-state index is 0.0143. The van der Waals surface area contributed by atoms with E-state index in [-0.39, 0.29) is 29.0 Å². The summed E-state index contributed by atoms with van der Waals surface area (Å²) in [5.74, 6) is -1.12. The Bertz CT molecular complexity index is 1320. The van der Waals surface area contributed by atoms with Gasteiger partial charge in [0.2, 0.25) is 5.60 Å². The van der Waals surface area contributed by atoms with Gasteiger partial charge in [0.15, 0.2) is 11.5 Å². The predicted octanol–water partition coefficient (Wildman–Crippen LogP) is 4.81. The van der Waals surface area contributed by atoms with Gasteiger partial charge in [-0.25, -0.2) is 9.97 Å². The molecule has 0 radical (unpaired) electrons.